The first-order valence-electron chi connectivity index (χ1n) is 6.06. The van der Waals surface area contributed by atoms with Gasteiger partial charge in [-0.15, -0.1) is 0 Å². The van der Waals surface area contributed by atoms with E-state index < -0.39 is 0 Å². The molecule has 1 fully saturated rings. The topological polar surface area (TPSA) is 55.1 Å². The summed E-state index contributed by atoms with van der Waals surface area (Å²) < 4.78 is 0.340. The number of nitrogens with two attached hydrogens (primary N) is 1. The Morgan fingerprint density at radius 3 is 2.50 bits per heavy atom. The highest BCUT2D eigenvalue weighted by Gasteiger charge is 2.42. The predicted molar refractivity (Wildman–Crippen MR) is 70.5 cm³/mol. The highest BCUT2D eigenvalue weighted by atomic mass is 32.2. The predicted octanol–water partition coefficient (Wildman–Crippen LogP) is 1.62. The molecule has 94 valence electrons. The third-order valence-electron chi connectivity index (χ3n) is 3.24. The maximum absolute atomic E-state index is 11.9. The molecule has 0 aromatic rings. The number of thioether (sulfide) groups is 1. The summed E-state index contributed by atoms with van der Waals surface area (Å²) in [5.74, 6) is 0.643. The molecule has 1 aliphatic rings. The molecule has 0 bridgehead atoms. The van der Waals surface area contributed by atoms with E-state index in [2.05, 4.69) is 25.4 Å². The maximum atomic E-state index is 11.9. The molecule has 0 saturated heterocycles. The minimum Gasteiger partial charge on any atom is -0.354 e. The van der Waals surface area contributed by atoms with E-state index in [0.717, 1.165) is 13.0 Å². The summed E-state index contributed by atoms with van der Waals surface area (Å²) in [6.45, 7) is 5.51. The highest BCUT2D eigenvalue weighted by molar-refractivity contribution is 8.00. The van der Waals surface area contributed by atoms with E-state index in [1.165, 1.54) is 12.8 Å². The van der Waals surface area contributed by atoms with Crippen molar-refractivity contribution in [3.8, 4) is 0 Å². The van der Waals surface area contributed by atoms with Crippen molar-refractivity contribution in [1.29, 1.82) is 0 Å². The first-order chi connectivity index (χ1) is 7.53. The normalized spacial score (nSPS) is 19.6. The van der Waals surface area contributed by atoms with Crippen LogP contribution < -0.4 is 11.1 Å². The average Bonchev–Trinajstić information content (AvgIpc) is 3.03. The van der Waals surface area contributed by atoms with Crippen LogP contribution in [-0.2, 0) is 4.79 Å². The Balaban J connectivity index is 2.32. The van der Waals surface area contributed by atoms with Crippen LogP contribution in [0.15, 0.2) is 0 Å². The van der Waals surface area contributed by atoms with Crippen LogP contribution in [0.25, 0.3) is 0 Å². The van der Waals surface area contributed by atoms with Gasteiger partial charge in [-0.3, -0.25) is 4.79 Å². The monoisotopic (exact) mass is 244 g/mol. The molecule has 0 aromatic heterocycles. The van der Waals surface area contributed by atoms with Gasteiger partial charge in [0.05, 0.1) is 5.92 Å². The van der Waals surface area contributed by atoms with Gasteiger partial charge in [0, 0.05) is 17.8 Å². The summed E-state index contributed by atoms with van der Waals surface area (Å²) in [6, 6.07) is 0. The summed E-state index contributed by atoms with van der Waals surface area (Å²) in [5, 5.41) is 3.05. The Labute approximate surface area is 103 Å². The number of carbonyl (C=O) groups excluding carboxylic acids is 1. The minimum absolute atomic E-state index is 0.0161. The number of carbonyl (C=O) groups is 1. The zero-order valence-electron chi connectivity index (χ0n) is 10.6. The highest BCUT2D eigenvalue weighted by Crippen LogP contribution is 2.46. The average molecular weight is 244 g/mol. The Morgan fingerprint density at radius 2 is 2.12 bits per heavy atom. The van der Waals surface area contributed by atoms with Gasteiger partial charge in [0.1, 0.15) is 0 Å². The molecule has 0 radical (unpaired) electrons. The molecule has 16 heavy (non-hydrogen) atoms. The van der Waals surface area contributed by atoms with E-state index in [9.17, 15) is 4.79 Å². The molecule has 1 amide bonds. The lowest BCUT2D eigenvalue weighted by Crippen LogP contribution is -2.39. The molecule has 0 aromatic carbocycles. The van der Waals surface area contributed by atoms with Crippen molar-refractivity contribution in [2.45, 2.75) is 37.9 Å². The van der Waals surface area contributed by atoms with Crippen LogP contribution in [-0.4, -0.2) is 30.0 Å². The lowest BCUT2D eigenvalue weighted by atomic mass is 9.96. The van der Waals surface area contributed by atoms with E-state index in [1.54, 1.807) is 0 Å². The van der Waals surface area contributed by atoms with Gasteiger partial charge < -0.3 is 11.1 Å². The molecule has 1 atom stereocenters. The van der Waals surface area contributed by atoms with E-state index in [4.69, 9.17) is 5.73 Å². The van der Waals surface area contributed by atoms with Gasteiger partial charge in [-0.05, 0) is 31.4 Å². The van der Waals surface area contributed by atoms with E-state index >= 15 is 0 Å². The first kappa shape index (κ1) is 13.8. The summed E-state index contributed by atoms with van der Waals surface area (Å²) in [5.41, 5.74) is 5.64. The number of rotatable bonds is 7. The third-order valence-corrected chi connectivity index (χ3v) is 4.66. The summed E-state index contributed by atoms with van der Waals surface area (Å²) in [7, 11) is 0. The SMILES string of the molecule is CSC1(CNC(=O)C(CN)CC(C)C)CC1. The third kappa shape index (κ3) is 3.98. The van der Waals surface area contributed by atoms with Crippen LogP contribution in [0.3, 0.4) is 0 Å². The quantitative estimate of drug-likeness (QED) is 0.715. The summed E-state index contributed by atoms with van der Waals surface area (Å²) in [6.07, 6.45) is 5.46. The van der Waals surface area contributed by atoms with Gasteiger partial charge in [-0.1, -0.05) is 13.8 Å². The molecule has 0 heterocycles. The van der Waals surface area contributed by atoms with Gasteiger partial charge >= 0.3 is 0 Å². The minimum atomic E-state index is -0.0161. The molecule has 3 N–H and O–H groups in total. The lowest BCUT2D eigenvalue weighted by molar-refractivity contribution is -0.125. The van der Waals surface area contributed by atoms with Crippen LogP contribution >= 0.6 is 11.8 Å². The number of hydrogen-bond donors (Lipinski definition) is 2. The van der Waals surface area contributed by atoms with Gasteiger partial charge in [0.25, 0.3) is 0 Å². The Bertz CT molecular complexity index is 239. The number of hydrogen-bond acceptors (Lipinski definition) is 3. The standard InChI is InChI=1S/C12H24N2OS/c1-9(2)6-10(7-13)11(15)14-8-12(16-3)4-5-12/h9-10H,4-8,13H2,1-3H3,(H,14,15). The fourth-order valence-corrected chi connectivity index (χ4v) is 2.59. The molecular weight excluding hydrogens is 220 g/mol. The van der Waals surface area contributed by atoms with Crippen LogP contribution in [0.4, 0.5) is 0 Å². The molecular formula is C12H24N2OS. The van der Waals surface area contributed by atoms with Crippen molar-refractivity contribution in [3.05, 3.63) is 0 Å². The van der Waals surface area contributed by atoms with Crippen molar-refractivity contribution < 1.29 is 4.79 Å². The molecule has 0 spiro atoms. The second-order valence-corrected chi connectivity index (χ2v) is 6.44. The summed E-state index contributed by atoms with van der Waals surface area (Å²) in [4.78, 5) is 11.9. The van der Waals surface area contributed by atoms with Crippen molar-refractivity contribution in [2.24, 2.45) is 17.6 Å². The lowest BCUT2D eigenvalue weighted by Gasteiger charge is -2.19. The Kier molecular flexibility index (Phi) is 5.12. The van der Waals surface area contributed by atoms with Gasteiger partial charge in [-0.2, -0.15) is 11.8 Å². The van der Waals surface area contributed by atoms with Crippen LogP contribution in [0.1, 0.15) is 33.1 Å². The fourth-order valence-electron chi connectivity index (χ4n) is 1.86. The van der Waals surface area contributed by atoms with Crippen molar-refractivity contribution in [1.82, 2.24) is 5.32 Å². The molecule has 1 unspecified atom stereocenters. The van der Waals surface area contributed by atoms with E-state index in [-0.39, 0.29) is 11.8 Å². The Hall–Kier alpha value is -0.220. The molecule has 1 saturated carbocycles. The van der Waals surface area contributed by atoms with Crippen molar-refractivity contribution >= 4 is 17.7 Å². The molecule has 4 heteroatoms. The van der Waals surface area contributed by atoms with Gasteiger partial charge in [-0.25, -0.2) is 0 Å². The molecule has 0 aliphatic heterocycles. The zero-order chi connectivity index (χ0) is 12.2. The van der Waals surface area contributed by atoms with Crippen LogP contribution in [0.2, 0.25) is 0 Å². The molecule has 1 rings (SSSR count). The van der Waals surface area contributed by atoms with E-state index in [0.29, 0.717) is 17.2 Å². The smallest absolute Gasteiger partial charge is 0.224 e. The van der Waals surface area contributed by atoms with E-state index in [1.807, 2.05) is 11.8 Å². The summed E-state index contributed by atoms with van der Waals surface area (Å²) >= 11 is 1.87. The largest absolute Gasteiger partial charge is 0.354 e. The van der Waals surface area contributed by atoms with Crippen LogP contribution in [0.5, 0.6) is 0 Å². The second-order valence-electron chi connectivity index (χ2n) is 5.17. The molecule has 3 nitrogen and oxygen atoms in total. The zero-order valence-corrected chi connectivity index (χ0v) is 11.4. The van der Waals surface area contributed by atoms with Crippen molar-refractivity contribution in [2.75, 3.05) is 19.3 Å². The second kappa shape index (κ2) is 5.92. The van der Waals surface area contributed by atoms with Gasteiger partial charge in [0.15, 0.2) is 0 Å². The Morgan fingerprint density at radius 1 is 1.50 bits per heavy atom. The fraction of sp³-hybridized carbons (Fsp3) is 0.917. The molecule has 1 aliphatic carbocycles. The maximum Gasteiger partial charge on any atom is 0.224 e. The van der Waals surface area contributed by atoms with Gasteiger partial charge in [0.2, 0.25) is 5.91 Å². The first-order valence-corrected chi connectivity index (χ1v) is 7.28. The number of nitrogens with one attached hydrogen (secondary N) is 1. The number of amides is 1. The van der Waals surface area contributed by atoms with Crippen LogP contribution in [0, 0.1) is 11.8 Å². The van der Waals surface area contributed by atoms with Crippen molar-refractivity contribution in [3.63, 3.8) is 0 Å².